The van der Waals surface area contributed by atoms with Gasteiger partial charge in [-0.15, -0.1) is 0 Å². The number of benzene rings is 1. The van der Waals surface area contributed by atoms with Crippen LogP contribution in [0, 0.1) is 0 Å². The van der Waals surface area contributed by atoms with Crippen LogP contribution in [-0.2, 0) is 13.6 Å². The summed E-state index contributed by atoms with van der Waals surface area (Å²) in [6.07, 6.45) is 6.67. The van der Waals surface area contributed by atoms with Gasteiger partial charge >= 0.3 is 0 Å². The summed E-state index contributed by atoms with van der Waals surface area (Å²) >= 11 is 0. The molecule has 0 bridgehead atoms. The van der Waals surface area contributed by atoms with E-state index in [4.69, 9.17) is 0 Å². The minimum atomic E-state index is 0.898. The fourth-order valence-corrected chi connectivity index (χ4v) is 2.18. The molecule has 0 aliphatic rings. The maximum Gasteiger partial charge on any atom is 0.203 e. The van der Waals surface area contributed by atoms with Crippen LogP contribution in [0.4, 0.5) is 5.95 Å². The second-order valence-electron chi connectivity index (χ2n) is 4.56. The number of rotatable bonds is 5. The molecule has 0 radical (unpaired) electrons. The van der Waals surface area contributed by atoms with Crippen LogP contribution in [0.5, 0.6) is 0 Å². The van der Waals surface area contributed by atoms with Crippen molar-refractivity contribution in [1.82, 2.24) is 19.1 Å². The Morgan fingerprint density at radius 1 is 1.26 bits per heavy atom. The highest BCUT2D eigenvalue weighted by Crippen LogP contribution is 2.17. The Labute approximate surface area is 111 Å². The van der Waals surface area contributed by atoms with Crippen molar-refractivity contribution in [1.29, 1.82) is 0 Å². The number of hydrogen-bond donors (Lipinski definition) is 1. The summed E-state index contributed by atoms with van der Waals surface area (Å²) in [6, 6.07) is 8.16. The van der Waals surface area contributed by atoms with Crippen LogP contribution in [0.25, 0.3) is 11.0 Å². The fraction of sp³-hybridized carbons (Fsp3) is 0.286. The molecule has 3 aromatic rings. The van der Waals surface area contributed by atoms with Crippen LogP contribution >= 0.6 is 0 Å². The second kappa shape index (κ2) is 5.14. The molecule has 1 N–H and O–H groups in total. The van der Waals surface area contributed by atoms with Crippen molar-refractivity contribution >= 4 is 17.0 Å². The monoisotopic (exact) mass is 255 g/mol. The lowest BCUT2D eigenvalue weighted by Crippen LogP contribution is -2.09. The average Bonchev–Trinajstić information content (AvgIpc) is 3.04. The van der Waals surface area contributed by atoms with Crippen molar-refractivity contribution in [3.05, 3.63) is 43.0 Å². The normalized spacial score (nSPS) is 11.0. The smallest absolute Gasteiger partial charge is 0.203 e. The van der Waals surface area contributed by atoms with E-state index in [1.807, 2.05) is 37.8 Å². The van der Waals surface area contributed by atoms with Crippen molar-refractivity contribution < 1.29 is 0 Å². The largest absolute Gasteiger partial charge is 0.356 e. The lowest BCUT2D eigenvalue weighted by atomic mass is 10.3. The molecule has 0 amide bonds. The van der Waals surface area contributed by atoms with Gasteiger partial charge in [-0.3, -0.25) is 0 Å². The molecule has 19 heavy (non-hydrogen) atoms. The van der Waals surface area contributed by atoms with Crippen LogP contribution in [0.3, 0.4) is 0 Å². The highest BCUT2D eigenvalue weighted by Gasteiger charge is 2.05. The summed E-state index contributed by atoms with van der Waals surface area (Å²) in [5.74, 6) is 0.923. The van der Waals surface area contributed by atoms with E-state index in [1.54, 1.807) is 6.20 Å². The molecule has 0 saturated heterocycles. The third-order valence-corrected chi connectivity index (χ3v) is 3.22. The van der Waals surface area contributed by atoms with Crippen LogP contribution in [0.15, 0.2) is 43.0 Å². The predicted molar refractivity (Wildman–Crippen MR) is 76.0 cm³/mol. The van der Waals surface area contributed by atoms with E-state index in [0.29, 0.717) is 0 Å². The number of hydrogen-bond acceptors (Lipinski definition) is 3. The Morgan fingerprint density at radius 2 is 2.16 bits per heavy atom. The molecule has 5 nitrogen and oxygen atoms in total. The van der Waals surface area contributed by atoms with Gasteiger partial charge in [0.05, 0.1) is 17.4 Å². The van der Waals surface area contributed by atoms with E-state index in [-0.39, 0.29) is 0 Å². The van der Waals surface area contributed by atoms with Gasteiger partial charge in [-0.05, 0) is 18.6 Å². The molecule has 98 valence electrons. The summed E-state index contributed by atoms with van der Waals surface area (Å²) < 4.78 is 4.17. The molecule has 2 heterocycles. The van der Waals surface area contributed by atoms with Gasteiger partial charge in [0, 0.05) is 32.5 Å². The van der Waals surface area contributed by atoms with Crippen LogP contribution in [-0.4, -0.2) is 25.6 Å². The number of aryl methyl sites for hydroxylation is 2. The van der Waals surface area contributed by atoms with E-state index >= 15 is 0 Å². The van der Waals surface area contributed by atoms with Crippen molar-refractivity contribution in [2.45, 2.75) is 13.0 Å². The lowest BCUT2D eigenvalue weighted by molar-refractivity contribution is 0.658. The zero-order valence-electron chi connectivity index (χ0n) is 11.0. The minimum Gasteiger partial charge on any atom is -0.356 e. The zero-order chi connectivity index (χ0) is 13.1. The molecule has 0 unspecified atom stereocenters. The molecule has 0 saturated carbocycles. The first kappa shape index (κ1) is 11.8. The van der Waals surface area contributed by atoms with E-state index in [2.05, 4.69) is 30.5 Å². The molecule has 0 atom stereocenters. The molecule has 5 heteroatoms. The molecular weight excluding hydrogens is 238 g/mol. The summed E-state index contributed by atoms with van der Waals surface area (Å²) in [5.41, 5.74) is 2.18. The van der Waals surface area contributed by atoms with Crippen molar-refractivity contribution in [2.75, 3.05) is 11.9 Å². The van der Waals surface area contributed by atoms with Gasteiger partial charge in [0.1, 0.15) is 0 Å². The maximum atomic E-state index is 4.58. The summed E-state index contributed by atoms with van der Waals surface area (Å²) in [4.78, 5) is 8.61. The maximum absolute atomic E-state index is 4.58. The van der Waals surface area contributed by atoms with Gasteiger partial charge < -0.3 is 14.5 Å². The molecule has 0 aliphatic carbocycles. The number of nitrogens with one attached hydrogen (secondary N) is 1. The Morgan fingerprint density at radius 3 is 2.95 bits per heavy atom. The second-order valence-corrected chi connectivity index (χ2v) is 4.56. The predicted octanol–water partition coefficient (Wildman–Crippen LogP) is 2.27. The first-order valence-corrected chi connectivity index (χ1v) is 6.45. The number of nitrogens with zero attached hydrogens (tertiary/aromatic N) is 4. The quantitative estimate of drug-likeness (QED) is 0.711. The molecular formula is C14H17N5. The first-order valence-electron chi connectivity index (χ1n) is 6.45. The van der Waals surface area contributed by atoms with Gasteiger partial charge in [0.25, 0.3) is 0 Å². The van der Waals surface area contributed by atoms with Crippen LogP contribution in [0.2, 0.25) is 0 Å². The van der Waals surface area contributed by atoms with Crippen molar-refractivity contribution in [3.8, 4) is 0 Å². The van der Waals surface area contributed by atoms with Crippen LogP contribution in [0.1, 0.15) is 6.42 Å². The van der Waals surface area contributed by atoms with Gasteiger partial charge in [0.2, 0.25) is 5.95 Å². The highest BCUT2D eigenvalue weighted by molar-refractivity contribution is 5.78. The van der Waals surface area contributed by atoms with E-state index < -0.39 is 0 Å². The minimum absolute atomic E-state index is 0.898. The number of anilines is 1. The molecule has 2 aromatic heterocycles. The van der Waals surface area contributed by atoms with Gasteiger partial charge in [-0.1, -0.05) is 12.1 Å². The molecule has 3 rings (SSSR count). The molecule has 1 aromatic carbocycles. The average molecular weight is 255 g/mol. The fourth-order valence-electron chi connectivity index (χ4n) is 2.18. The number of imidazole rings is 2. The Kier molecular flexibility index (Phi) is 3.18. The highest BCUT2D eigenvalue weighted by atomic mass is 15.2. The Hall–Kier alpha value is -2.30. The Bertz CT molecular complexity index is 654. The summed E-state index contributed by atoms with van der Waals surface area (Å²) in [6.45, 7) is 1.87. The van der Waals surface area contributed by atoms with Gasteiger partial charge in [-0.25, -0.2) is 9.97 Å². The first-order chi connectivity index (χ1) is 9.34. The van der Waals surface area contributed by atoms with Gasteiger partial charge in [0.15, 0.2) is 0 Å². The third-order valence-electron chi connectivity index (χ3n) is 3.22. The Balaban J connectivity index is 1.61. The third kappa shape index (κ3) is 2.45. The summed E-state index contributed by atoms with van der Waals surface area (Å²) in [5, 5.41) is 3.38. The molecule has 0 aliphatic heterocycles. The van der Waals surface area contributed by atoms with Gasteiger partial charge in [-0.2, -0.15) is 0 Å². The van der Waals surface area contributed by atoms with E-state index in [9.17, 15) is 0 Å². The van der Waals surface area contributed by atoms with E-state index in [1.165, 1.54) is 0 Å². The van der Waals surface area contributed by atoms with Crippen LogP contribution < -0.4 is 5.32 Å². The lowest BCUT2D eigenvalue weighted by Gasteiger charge is -2.06. The molecule has 0 fully saturated rings. The summed E-state index contributed by atoms with van der Waals surface area (Å²) in [7, 11) is 2.04. The van der Waals surface area contributed by atoms with E-state index in [0.717, 1.165) is 36.5 Å². The number of aromatic nitrogens is 4. The SMILES string of the molecule is Cn1c(NCCCn2ccnc2)nc2ccccc21. The van der Waals surface area contributed by atoms with Crippen molar-refractivity contribution in [2.24, 2.45) is 7.05 Å². The standard InChI is InChI=1S/C14H17N5/c1-18-13-6-3-2-5-12(13)17-14(18)16-7-4-9-19-10-8-15-11-19/h2-3,5-6,8,10-11H,4,7,9H2,1H3,(H,16,17). The van der Waals surface area contributed by atoms with Crippen molar-refractivity contribution in [3.63, 3.8) is 0 Å². The topological polar surface area (TPSA) is 47.7 Å². The molecule has 0 spiro atoms. The zero-order valence-corrected chi connectivity index (χ0v) is 11.0. The number of fused-ring (bicyclic) bond motifs is 1. The number of para-hydroxylation sites is 2.